The van der Waals surface area contributed by atoms with E-state index < -0.39 is 0 Å². The minimum absolute atomic E-state index is 0. The van der Waals surface area contributed by atoms with Crippen LogP contribution in [0.2, 0.25) is 0 Å². The fourth-order valence-corrected chi connectivity index (χ4v) is 2.10. The molecule has 21 heavy (non-hydrogen) atoms. The Labute approximate surface area is 140 Å². The normalized spacial score (nSPS) is 11.3. The maximum atomic E-state index is 12.2. The van der Waals surface area contributed by atoms with E-state index in [0.29, 0.717) is 11.3 Å². The monoisotopic (exact) mass is 335 g/mol. The molecule has 0 aliphatic rings. The minimum Gasteiger partial charge on any atom is -0.399 e. The van der Waals surface area contributed by atoms with Crippen molar-refractivity contribution in [2.24, 2.45) is 0 Å². The van der Waals surface area contributed by atoms with E-state index in [1.165, 1.54) is 0 Å². The predicted molar refractivity (Wildman–Crippen MR) is 94.8 cm³/mol. The Bertz CT molecular complexity index is 437. The zero-order valence-electron chi connectivity index (χ0n) is 13.2. The van der Waals surface area contributed by atoms with Crippen LogP contribution < -0.4 is 11.1 Å². The number of nitrogens with two attached hydrogens (primary N) is 1. The quantitative estimate of drug-likeness (QED) is 0.786. The lowest BCUT2D eigenvalue weighted by molar-refractivity contribution is 0.0929. The summed E-state index contributed by atoms with van der Waals surface area (Å²) >= 11 is 0. The van der Waals surface area contributed by atoms with Gasteiger partial charge in [0.1, 0.15) is 0 Å². The lowest BCUT2D eigenvalue weighted by Gasteiger charge is -2.23. The number of rotatable bonds is 6. The van der Waals surface area contributed by atoms with Crippen LogP contribution in [-0.2, 0) is 0 Å². The van der Waals surface area contributed by atoms with Gasteiger partial charge in [0.2, 0.25) is 0 Å². The van der Waals surface area contributed by atoms with E-state index in [-0.39, 0.29) is 36.8 Å². The van der Waals surface area contributed by atoms with Crippen molar-refractivity contribution in [3.05, 3.63) is 29.3 Å². The first-order valence-corrected chi connectivity index (χ1v) is 6.87. The SMILES string of the molecule is CCN(CC)CC(C)NC(=O)c1cc(N)ccc1C.Cl.Cl. The molecular weight excluding hydrogens is 309 g/mol. The van der Waals surface area contributed by atoms with Gasteiger partial charge in [-0.1, -0.05) is 19.9 Å². The van der Waals surface area contributed by atoms with Crippen molar-refractivity contribution < 1.29 is 4.79 Å². The van der Waals surface area contributed by atoms with Gasteiger partial charge >= 0.3 is 0 Å². The Hall–Kier alpha value is -0.970. The summed E-state index contributed by atoms with van der Waals surface area (Å²) in [6.45, 7) is 11.0. The second-order valence-electron chi connectivity index (χ2n) is 4.93. The third-order valence-electron chi connectivity index (χ3n) is 3.31. The van der Waals surface area contributed by atoms with Gasteiger partial charge in [0.15, 0.2) is 0 Å². The van der Waals surface area contributed by atoms with Crippen LogP contribution in [0.15, 0.2) is 18.2 Å². The Morgan fingerprint density at radius 3 is 2.38 bits per heavy atom. The standard InChI is InChI=1S/C15H25N3O.2ClH/c1-5-18(6-2)10-12(4)17-15(19)14-9-13(16)8-7-11(14)3;;/h7-9,12H,5-6,10,16H2,1-4H3,(H,17,19);2*1H. The fourth-order valence-electron chi connectivity index (χ4n) is 2.10. The number of anilines is 1. The van der Waals surface area contributed by atoms with Crippen molar-refractivity contribution >= 4 is 36.4 Å². The molecule has 0 fully saturated rings. The Balaban J connectivity index is 0. The molecule has 1 atom stereocenters. The van der Waals surface area contributed by atoms with E-state index in [1.807, 2.05) is 26.0 Å². The predicted octanol–water partition coefficient (Wildman–Crippen LogP) is 2.88. The molecule has 4 nitrogen and oxygen atoms in total. The molecule has 1 unspecified atom stereocenters. The van der Waals surface area contributed by atoms with Crippen molar-refractivity contribution in [1.29, 1.82) is 0 Å². The van der Waals surface area contributed by atoms with Crippen LogP contribution in [0.4, 0.5) is 5.69 Å². The van der Waals surface area contributed by atoms with Crippen LogP contribution in [0.25, 0.3) is 0 Å². The second-order valence-corrected chi connectivity index (χ2v) is 4.93. The van der Waals surface area contributed by atoms with E-state index in [2.05, 4.69) is 24.1 Å². The first-order valence-electron chi connectivity index (χ1n) is 6.87. The molecule has 6 heteroatoms. The fraction of sp³-hybridized carbons (Fsp3) is 0.533. The third-order valence-corrected chi connectivity index (χ3v) is 3.31. The smallest absolute Gasteiger partial charge is 0.251 e. The number of likely N-dealkylation sites (N-methyl/N-ethyl adjacent to an activating group) is 1. The molecule has 0 aliphatic carbocycles. The number of hydrogen-bond acceptors (Lipinski definition) is 3. The molecule has 0 saturated heterocycles. The van der Waals surface area contributed by atoms with Crippen LogP contribution in [0.1, 0.15) is 36.7 Å². The average Bonchev–Trinajstić information content (AvgIpc) is 2.38. The number of amides is 1. The number of nitrogens with one attached hydrogen (secondary N) is 1. The second kappa shape index (κ2) is 10.7. The maximum Gasteiger partial charge on any atom is 0.251 e. The van der Waals surface area contributed by atoms with Crippen LogP contribution >= 0.6 is 24.8 Å². The van der Waals surface area contributed by atoms with Gasteiger partial charge in [0, 0.05) is 23.8 Å². The number of carbonyl (C=O) groups excluding carboxylic acids is 1. The van der Waals surface area contributed by atoms with Gasteiger partial charge in [-0.2, -0.15) is 0 Å². The molecule has 1 aromatic rings. The van der Waals surface area contributed by atoms with Crippen LogP contribution in [-0.4, -0.2) is 36.5 Å². The first kappa shape index (κ1) is 22.3. The Morgan fingerprint density at radius 2 is 1.86 bits per heavy atom. The summed E-state index contributed by atoms with van der Waals surface area (Å²) in [5, 5.41) is 3.03. The summed E-state index contributed by atoms with van der Waals surface area (Å²) in [6, 6.07) is 5.53. The van der Waals surface area contributed by atoms with Crippen molar-refractivity contribution in [3.8, 4) is 0 Å². The van der Waals surface area contributed by atoms with Crippen LogP contribution in [0.3, 0.4) is 0 Å². The summed E-state index contributed by atoms with van der Waals surface area (Å²) in [5.74, 6) is -0.0514. The summed E-state index contributed by atoms with van der Waals surface area (Å²) < 4.78 is 0. The van der Waals surface area contributed by atoms with Crippen molar-refractivity contribution in [1.82, 2.24) is 10.2 Å². The minimum atomic E-state index is -0.0514. The number of hydrogen-bond donors (Lipinski definition) is 2. The Kier molecular flexibility index (Phi) is 11.4. The molecule has 0 radical (unpaired) electrons. The van der Waals surface area contributed by atoms with Crippen LogP contribution in [0, 0.1) is 6.92 Å². The number of halogens is 2. The maximum absolute atomic E-state index is 12.2. The molecule has 0 aromatic heterocycles. The van der Waals surface area contributed by atoms with Crippen molar-refractivity contribution in [2.75, 3.05) is 25.4 Å². The molecule has 1 aromatic carbocycles. The number of benzene rings is 1. The molecule has 1 amide bonds. The third kappa shape index (κ3) is 7.02. The summed E-state index contributed by atoms with van der Waals surface area (Å²) in [4.78, 5) is 14.5. The molecule has 122 valence electrons. The molecular formula is C15H27Cl2N3O. The highest BCUT2D eigenvalue weighted by atomic mass is 35.5. The van der Waals surface area contributed by atoms with Gasteiger partial charge in [-0.05, 0) is 44.6 Å². The van der Waals surface area contributed by atoms with Crippen LogP contribution in [0.5, 0.6) is 0 Å². The number of aryl methyl sites for hydroxylation is 1. The van der Waals surface area contributed by atoms with E-state index in [1.54, 1.807) is 6.07 Å². The summed E-state index contributed by atoms with van der Waals surface area (Å²) in [5.41, 5.74) is 7.95. The zero-order chi connectivity index (χ0) is 14.4. The van der Waals surface area contributed by atoms with Gasteiger partial charge in [0.05, 0.1) is 0 Å². The van der Waals surface area contributed by atoms with E-state index >= 15 is 0 Å². The molecule has 0 saturated carbocycles. The lowest BCUT2D eigenvalue weighted by Crippen LogP contribution is -2.42. The average molecular weight is 336 g/mol. The zero-order valence-corrected chi connectivity index (χ0v) is 14.8. The molecule has 0 aliphatic heterocycles. The molecule has 0 bridgehead atoms. The highest BCUT2D eigenvalue weighted by molar-refractivity contribution is 5.96. The first-order chi connectivity index (χ1) is 8.97. The Morgan fingerprint density at radius 1 is 1.29 bits per heavy atom. The van der Waals surface area contributed by atoms with Gasteiger partial charge in [0.25, 0.3) is 5.91 Å². The highest BCUT2D eigenvalue weighted by Gasteiger charge is 2.14. The number of nitrogen functional groups attached to an aromatic ring is 1. The van der Waals surface area contributed by atoms with Crippen molar-refractivity contribution in [2.45, 2.75) is 33.7 Å². The van der Waals surface area contributed by atoms with Gasteiger partial charge in [-0.15, -0.1) is 24.8 Å². The molecule has 0 heterocycles. The number of carbonyl (C=O) groups is 1. The largest absolute Gasteiger partial charge is 0.399 e. The molecule has 1 rings (SSSR count). The van der Waals surface area contributed by atoms with E-state index in [4.69, 9.17) is 5.73 Å². The molecule has 3 N–H and O–H groups in total. The van der Waals surface area contributed by atoms with E-state index in [9.17, 15) is 4.79 Å². The van der Waals surface area contributed by atoms with Gasteiger partial charge in [-0.3, -0.25) is 4.79 Å². The van der Waals surface area contributed by atoms with Crippen molar-refractivity contribution in [3.63, 3.8) is 0 Å². The summed E-state index contributed by atoms with van der Waals surface area (Å²) in [7, 11) is 0. The van der Waals surface area contributed by atoms with Gasteiger partial charge in [-0.25, -0.2) is 0 Å². The molecule has 0 spiro atoms. The number of nitrogens with zero attached hydrogens (tertiary/aromatic N) is 1. The highest BCUT2D eigenvalue weighted by Crippen LogP contribution is 2.12. The van der Waals surface area contributed by atoms with Gasteiger partial charge < -0.3 is 16.0 Å². The lowest BCUT2D eigenvalue weighted by atomic mass is 10.1. The summed E-state index contributed by atoms with van der Waals surface area (Å²) in [6.07, 6.45) is 0. The topological polar surface area (TPSA) is 58.4 Å². The van der Waals surface area contributed by atoms with E-state index in [0.717, 1.165) is 25.2 Å².